The normalized spacial score (nSPS) is 13.0. The Morgan fingerprint density at radius 2 is 1.94 bits per heavy atom. The van der Waals surface area contributed by atoms with Crippen LogP contribution in [-0.4, -0.2) is 46.8 Å². The highest BCUT2D eigenvalue weighted by molar-refractivity contribution is 6.18. The van der Waals surface area contributed by atoms with Gasteiger partial charge in [-0.05, 0) is 5.56 Å². The van der Waals surface area contributed by atoms with E-state index in [-0.39, 0.29) is 12.5 Å². The lowest BCUT2D eigenvalue weighted by Crippen LogP contribution is -2.34. The average Bonchev–Trinajstić information content (AvgIpc) is 2.30. The smallest absolute Gasteiger partial charge is 0.0802 e. The molecule has 0 spiro atoms. The number of alkyl halides is 1. The van der Waals surface area contributed by atoms with Gasteiger partial charge in [-0.25, -0.2) is 0 Å². The molecule has 2 N–H and O–H groups in total. The molecule has 0 aromatic heterocycles. The Labute approximate surface area is 101 Å². The third-order valence-electron chi connectivity index (χ3n) is 2.31. The molecule has 0 saturated heterocycles. The van der Waals surface area contributed by atoms with Crippen LogP contribution in [0, 0.1) is 0 Å². The van der Waals surface area contributed by atoms with E-state index in [1.807, 2.05) is 35.2 Å². The second-order valence-electron chi connectivity index (χ2n) is 3.75. The summed E-state index contributed by atoms with van der Waals surface area (Å²) in [4.78, 5) is 1.99. The van der Waals surface area contributed by atoms with Gasteiger partial charge in [-0.1, -0.05) is 30.3 Å². The Morgan fingerprint density at radius 3 is 2.50 bits per heavy atom. The topological polar surface area (TPSA) is 43.7 Å². The highest BCUT2D eigenvalue weighted by Crippen LogP contribution is 2.05. The second-order valence-corrected chi connectivity index (χ2v) is 4.06. The summed E-state index contributed by atoms with van der Waals surface area (Å²) in [6.07, 6.45) is -0.545. The quantitative estimate of drug-likeness (QED) is 0.705. The number of rotatable bonds is 7. The Balaban J connectivity index is 2.50. The number of benzene rings is 1. The van der Waals surface area contributed by atoms with Crippen LogP contribution < -0.4 is 0 Å². The summed E-state index contributed by atoms with van der Waals surface area (Å²) in [7, 11) is 0. The first kappa shape index (κ1) is 13.5. The van der Waals surface area contributed by atoms with Crippen molar-refractivity contribution in [3.8, 4) is 0 Å². The van der Waals surface area contributed by atoms with Crippen LogP contribution in [0.5, 0.6) is 0 Å². The Bertz CT molecular complexity index is 282. The molecule has 0 radical (unpaired) electrons. The van der Waals surface area contributed by atoms with Gasteiger partial charge in [0, 0.05) is 25.5 Å². The molecule has 0 bridgehead atoms. The summed E-state index contributed by atoms with van der Waals surface area (Å²) in [5, 5.41) is 18.4. The third kappa shape index (κ3) is 4.94. The molecule has 16 heavy (non-hydrogen) atoms. The maximum atomic E-state index is 9.48. The molecule has 0 aliphatic heterocycles. The van der Waals surface area contributed by atoms with E-state index in [1.165, 1.54) is 0 Å². The molecular weight excluding hydrogens is 226 g/mol. The van der Waals surface area contributed by atoms with Crippen LogP contribution in [0.3, 0.4) is 0 Å². The minimum atomic E-state index is -0.545. The maximum Gasteiger partial charge on any atom is 0.0802 e. The van der Waals surface area contributed by atoms with Crippen molar-refractivity contribution in [1.29, 1.82) is 0 Å². The molecule has 0 fully saturated rings. The molecule has 90 valence electrons. The van der Waals surface area contributed by atoms with Crippen molar-refractivity contribution in [2.45, 2.75) is 12.6 Å². The molecule has 1 rings (SSSR count). The van der Waals surface area contributed by atoms with Crippen LogP contribution in [-0.2, 0) is 6.54 Å². The lowest BCUT2D eigenvalue weighted by molar-refractivity contribution is 0.109. The van der Waals surface area contributed by atoms with Crippen LogP contribution in [0.25, 0.3) is 0 Å². The molecular formula is C12H18ClNO2. The Morgan fingerprint density at radius 1 is 1.25 bits per heavy atom. The molecule has 1 aromatic carbocycles. The molecule has 0 unspecified atom stereocenters. The maximum absolute atomic E-state index is 9.48. The van der Waals surface area contributed by atoms with Crippen LogP contribution in [0.1, 0.15) is 5.56 Å². The van der Waals surface area contributed by atoms with Gasteiger partial charge < -0.3 is 10.2 Å². The van der Waals surface area contributed by atoms with Crippen molar-refractivity contribution in [1.82, 2.24) is 4.90 Å². The third-order valence-corrected chi connectivity index (χ3v) is 2.67. The fourth-order valence-corrected chi connectivity index (χ4v) is 1.66. The summed E-state index contributed by atoms with van der Waals surface area (Å²) in [5.41, 5.74) is 1.16. The van der Waals surface area contributed by atoms with E-state index in [2.05, 4.69) is 0 Å². The molecule has 0 amide bonds. The molecule has 1 atom stereocenters. The van der Waals surface area contributed by atoms with Crippen LogP contribution in [0.4, 0.5) is 0 Å². The van der Waals surface area contributed by atoms with E-state index >= 15 is 0 Å². The van der Waals surface area contributed by atoms with Crippen molar-refractivity contribution in [3.05, 3.63) is 35.9 Å². The summed E-state index contributed by atoms with van der Waals surface area (Å²) in [6, 6.07) is 9.97. The highest BCUT2D eigenvalue weighted by Gasteiger charge is 2.10. The fourth-order valence-electron chi connectivity index (χ4n) is 1.56. The lowest BCUT2D eigenvalue weighted by atomic mass is 10.2. The molecule has 0 saturated carbocycles. The van der Waals surface area contributed by atoms with Gasteiger partial charge in [0.25, 0.3) is 0 Å². The zero-order valence-electron chi connectivity index (χ0n) is 9.22. The highest BCUT2D eigenvalue weighted by atomic mass is 35.5. The second kappa shape index (κ2) is 7.63. The number of aliphatic hydroxyl groups excluding tert-OH is 2. The van der Waals surface area contributed by atoms with E-state index in [9.17, 15) is 5.11 Å². The number of hydrogen-bond acceptors (Lipinski definition) is 3. The SMILES string of the molecule is OCCN(Cc1ccccc1)C[C@H](O)CCl. The van der Waals surface area contributed by atoms with Crippen LogP contribution in [0.2, 0.25) is 0 Å². The first-order valence-electron chi connectivity index (χ1n) is 5.37. The number of nitrogens with zero attached hydrogens (tertiary/aromatic N) is 1. The summed E-state index contributed by atoms with van der Waals surface area (Å²) in [6.45, 7) is 1.83. The van der Waals surface area contributed by atoms with Crippen molar-refractivity contribution >= 4 is 11.6 Å². The number of halogens is 1. The van der Waals surface area contributed by atoms with Gasteiger partial charge >= 0.3 is 0 Å². The molecule has 0 heterocycles. The van der Waals surface area contributed by atoms with Crippen molar-refractivity contribution in [3.63, 3.8) is 0 Å². The summed E-state index contributed by atoms with van der Waals surface area (Å²) < 4.78 is 0. The zero-order valence-corrected chi connectivity index (χ0v) is 9.98. The molecule has 1 aromatic rings. The molecule has 3 nitrogen and oxygen atoms in total. The van der Waals surface area contributed by atoms with E-state index < -0.39 is 6.10 Å². The van der Waals surface area contributed by atoms with Gasteiger partial charge in [-0.15, -0.1) is 11.6 Å². The first-order valence-corrected chi connectivity index (χ1v) is 5.91. The van der Waals surface area contributed by atoms with Gasteiger partial charge in [0.15, 0.2) is 0 Å². The molecule has 0 aliphatic carbocycles. The summed E-state index contributed by atoms with van der Waals surface area (Å²) in [5.74, 6) is 0.219. The van der Waals surface area contributed by atoms with Gasteiger partial charge in [0.1, 0.15) is 0 Å². The van der Waals surface area contributed by atoms with E-state index in [0.717, 1.165) is 12.1 Å². The van der Waals surface area contributed by atoms with E-state index in [0.29, 0.717) is 13.1 Å². The predicted octanol–water partition coefficient (Wildman–Crippen LogP) is 1.08. The average molecular weight is 244 g/mol. The largest absolute Gasteiger partial charge is 0.395 e. The monoisotopic (exact) mass is 243 g/mol. The van der Waals surface area contributed by atoms with Crippen LogP contribution in [0.15, 0.2) is 30.3 Å². The lowest BCUT2D eigenvalue weighted by Gasteiger charge is -2.23. The van der Waals surface area contributed by atoms with E-state index in [4.69, 9.17) is 16.7 Å². The van der Waals surface area contributed by atoms with E-state index in [1.54, 1.807) is 0 Å². The Kier molecular flexibility index (Phi) is 6.42. The van der Waals surface area contributed by atoms with Gasteiger partial charge in [-0.3, -0.25) is 4.90 Å². The number of aliphatic hydroxyl groups is 2. The first-order chi connectivity index (χ1) is 7.76. The Hall–Kier alpha value is -0.610. The predicted molar refractivity (Wildman–Crippen MR) is 65.5 cm³/mol. The van der Waals surface area contributed by atoms with Crippen molar-refractivity contribution in [2.24, 2.45) is 0 Å². The molecule has 0 aliphatic rings. The number of hydrogen-bond donors (Lipinski definition) is 2. The van der Waals surface area contributed by atoms with Gasteiger partial charge in [-0.2, -0.15) is 0 Å². The van der Waals surface area contributed by atoms with Crippen molar-refractivity contribution < 1.29 is 10.2 Å². The summed E-state index contributed by atoms with van der Waals surface area (Å²) >= 11 is 5.56. The minimum Gasteiger partial charge on any atom is -0.395 e. The zero-order chi connectivity index (χ0) is 11.8. The molecule has 4 heteroatoms. The fraction of sp³-hybridized carbons (Fsp3) is 0.500. The standard InChI is InChI=1S/C12H18ClNO2/c13-8-12(16)10-14(6-7-15)9-11-4-2-1-3-5-11/h1-5,12,15-16H,6-10H2/t12-/m1/s1. The van der Waals surface area contributed by atoms with Gasteiger partial charge in [0.05, 0.1) is 12.7 Å². The van der Waals surface area contributed by atoms with Crippen LogP contribution >= 0.6 is 11.6 Å². The van der Waals surface area contributed by atoms with Crippen molar-refractivity contribution in [2.75, 3.05) is 25.6 Å². The van der Waals surface area contributed by atoms with Gasteiger partial charge in [0.2, 0.25) is 0 Å². The minimum absolute atomic E-state index is 0.0852.